The molecule has 1 unspecified atom stereocenters. The summed E-state index contributed by atoms with van der Waals surface area (Å²) < 4.78 is 6.79. The molecule has 0 saturated heterocycles. The van der Waals surface area contributed by atoms with Crippen LogP contribution in [-0.2, 0) is 0 Å². The first-order valence-electron chi connectivity index (χ1n) is 10.0. The summed E-state index contributed by atoms with van der Waals surface area (Å²) in [6.45, 7) is 1.11. The molecule has 26 heavy (non-hydrogen) atoms. The van der Waals surface area contributed by atoms with Crippen LogP contribution in [0.15, 0.2) is 28.7 Å². The normalized spacial score (nSPS) is 20.6. The van der Waals surface area contributed by atoms with Crippen molar-refractivity contribution in [2.75, 3.05) is 13.2 Å². The summed E-state index contributed by atoms with van der Waals surface area (Å²) in [5, 5.41) is 10.7. The number of rotatable bonds is 7. The Balaban J connectivity index is 0.00000243. The van der Waals surface area contributed by atoms with E-state index in [2.05, 4.69) is 20.8 Å². The Labute approximate surface area is 173 Å². The molecule has 1 aromatic carbocycles. The Morgan fingerprint density at radius 3 is 2.04 bits per heavy atom. The van der Waals surface area contributed by atoms with Gasteiger partial charge in [-0.2, -0.15) is 0 Å². The van der Waals surface area contributed by atoms with Crippen molar-refractivity contribution in [3.05, 3.63) is 28.7 Å². The number of nitrogens with zero attached hydrogens (tertiary/aromatic N) is 1. The molecular formula is C21H33BrClNO2. The molecule has 0 radical (unpaired) electrons. The van der Waals surface area contributed by atoms with Crippen LogP contribution in [0.2, 0.25) is 0 Å². The summed E-state index contributed by atoms with van der Waals surface area (Å²) in [7, 11) is 0. The first-order chi connectivity index (χ1) is 12.2. The number of hydrogen-bond acceptors (Lipinski definition) is 3. The summed E-state index contributed by atoms with van der Waals surface area (Å²) >= 11 is 3.51. The maximum absolute atomic E-state index is 10.7. The second-order valence-corrected chi connectivity index (χ2v) is 8.53. The van der Waals surface area contributed by atoms with E-state index in [1.807, 2.05) is 24.3 Å². The topological polar surface area (TPSA) is 32.7 Å². The van der Waals surface area contributed by atoms with Gasteiger partial charge in [0, 0.05) is 18.6 Å². The van der Waals surface area contributed by atoms with Crippen LogP contribution >= 0.6 is 28.3 Å². The van der Waals surface area contributed by atoms with Gasteiger partial charge in [-0.1, -0.05) is 50.7 Å². The molecule has 2 saturated carbocycles. The molecule has 1 N–H and O–H groups in total. The SMILES string of the molecule is Cl.OC(COc1ccccc1Br)CN(C1CCCCC1)C1CCCCC1. The fraction of sp³-hybridized carbons (Fsp3) is 0.714. The van der Waals surface area contributed by atoms with Crippen LogP contribution in [0.5, 0.6) is 5.75 Å². The number of hydrogen-bond donors (Lipinski definition) is 1. The Morgan fingerprint density at radius 2 is 1.50 bits per heavy atom. The van der Waals surface area contributed by atoms with Crippen molar-refractivity contribution in [3.63, 3.8) is 0 Å². The molecule has 3 rings (SSSR count). The van der Waals surface area contributed by atoms with Gasteiger partial charge in [0.25, 0.3) is 0 Å². The Hall–Kier alpha value is -0.290. The van der Waals surface area contributed by atoms with E-state index < -0.39 is 6.10 Å². The van der Waals surface area contributed by atoms with E-state index >= 15 is 0 Å². The first kappa shape index (κ1) is 22.0. The molecule has 148 valence electrons. The summed E-state index contributed by atoms with van der Waals surface area (Å²) in [6.07, 6.45) is 12.9. The van der Waals surface area contributed by atoms with Crippen LogP contribution in [0.1, 0.15) is 64.2 Å². The first-order valence-corrected chi connectivity index (χ1v) is 10.8. The molecule has 2 aliphatic rings. The van der Waals surface area contributed by atoms with E-state index in [9.17, 15) is 5.11 Å². The predicted molar refractivity (Wildman–Crippen MR) is 113 cm³/mol. The van der Waals surface area contributed by atoms with Gasteiger partial charge in [-0.15, -0.1) is 12.4 Å². The minimum Gasteiger partial charge on any atom is -0.490 e. The van der Waals surface area contributed by atoms with Gasteiger partial charge in [0.1, 0.15) is 18.5 Å². The fourth-order valence-electron chi connectivity index (χ4n) is 4.47. The summed E-state index contributed by atoms with van der Waals surface area (Å²) in [5.41, 5.74) is 0. The van der Waals surface area contributed by atoms with Crippen molar-refractivity contribution in [3.8, 4) is 5.75 Å². The van der Waals surface area contributed by atoms with Gasteiger partial charge in [-0.3, -0.25) is 4.90 Å². The third kappa shape index (κ3) is 6.40. The van der Waals surface area contributed by atoms with Crippen molar-refractivity contribution in [1.29, 1.82) is 0 Å². The molecular weight excluding hydrogens is 414 g/mol. The van der Waals surface area contributed by atoms with Gasteiger partial charge in [0.2, 0.25) is 0 Å². The van der Waals surface area contributed by atoms with Gasteiger partial charge in [-0.05, 0) is 53.7 Å². The fourth-order valence-corrected chi connectivity index (χ4v) is 4.86. The molecule has 2 fully saturated rings. The molecule has 3 nitrogen and oxygen atoms in total. The lowest BCUT2D eigenvalue weighted by molar-refractivity contribution is 0.0116. The summed E-state index contributed by atoms with van der Waals surface area (Å²) in [6, 6.07) is 9.17. The van der Waals surface area contributed by atoms with Crippen LogP contribution in [-0.4, -0.2) is 41.3 Å². The molecule has 0 heterocycles. The Bertz CT molecular complexity index is 500. The molecule has 0 aromatic heterocycles. The molecule has 0 bridgehead atoms. The Morgan fingerprint density at radius 1 is 0.962 bits per heavy atom. The quantitative estimate of drug-likeness (QED) is 0.593. The average molecular weight is 447 g/mol. The number of aliphatic hydroxyl groups excluding tert-OH is 1. The number of benzene rings is 1. The van der Waals surface area contributed by atoms with E-state index in [-0.39, 0.29) is 12.4 Å². The second kappa shape index (κ2) is 11.5. The standard InChI is InChI=1S/C21H32BrNO2.ClH/c22-20-13-7-8-14-21(20)25-16-19(24)15-23(17-9-3-1-4-10-17)18-11-5-2-6-12-18;/h7-8,13-14,17-19,24H,1-6,9-12,15-16H2;1H. The van der Waals surface area contributed by atoms with Crippen LogP contribution in [0, 0.1) is 0 Å². The lowest BCUT2D eigenvalue weighted by Gasteiger charge is -2.42. The van der Waals surface area contributed by atoms with Crippen molar-refractivity contribution < 1.29 is 9.84 Å². The highest BCUT2D eigenvalue weighted by Gasteiger charge is 2.30. The van der Waals surface area contributed by atoms with Crippen molar-refractivity contribution in [1.82, 2.24) is 4.90 Å². The Kier molecular flexibility index (Phi) is 9.76. The molecule has 5 heteroatoms. The van der Waals surface area contributed by atoms with Crippen LogP contribution in [0.3, 0.4) is 0 Å². The lowest BCUT2D eigenvalue weighted by Crippen LogP contribution is -2.49. The van der Waals surface area contributed by atoms with Gasteiger partial charge < -0.3 is 9.84 Å². The van der Waals surface area contributed by atoms with Gasteiger partial charge >= 0.3 is 0 Å². The zero-order valence-corrected chi connectivity index (χ0v) is 18.0. The van der Waals surface area contributed by atoms with E-state index in [1.54, 1.807) is 0 Å². The predicted octanol–water partition coefficient (Wildman–Crippen LogP) is 5.58. The summed E-state index contributed by atoms with van der Waals surface area (Å²) in [4.78, 5) is 2.65. The molecule has 1 aromatic rings. The largest absolute Gasteiger partial charge is 0.490 e. The maximum atomic E-state index is 10.7. The number of para-hydroxylation sites is 1. The second-order valence-electron chi connectivity index (χ2n) is 7.68. The van der Waals surface area contributed by atoms with E-state index in [0.29, 0.717) is 18.7 Å². The van der Waals surface area contributed by atoms with Crippen LogP contribution < -0.4 is 4.74 Å². The molecule has 2 aliphatic carbocycles. The van der Waals surface area contributed by atoms with E-state index in [4.69, 9.17) is 4.74 Å². The van der Waals surface area contributed by atoms with Gasteiger partial charge in [0.15, 0.2) is 0 Å². The zero-order valence-electron chi connectivity index (χ0n) is 15.6. The van der Waals surface area contributed by atoms with Crippen molar-refractivity contribution in [2.24, 2.45) is 0 Å². The van der Waals surface area contributed by atoms with E-state index in [0.717, 1.165) is 16.8 Å². The van der Waals surface area contributed by atoms with Crippen molar-refractivity contribution >= 4 is 28.3 Å². The minimum absolute atomic E-state index is 0. The lowest BCUT2D eigenvalue weighted by atomic mass is 9.88. The monoisotopic (exact) mass is 445 g/mol. The third-order valence-corrected chi connectivity index (χ3v) is 6.43. The highest BCUT2D eigenvalue weighted by atomic mass is 79.9. The highest BCUT2D eigenvalue weighted by molar-refractivity contribution is 9.10. The molecule has 0 amide bonds. The highest BCUT2D eigenvalue weighted by Crippen LogP contribution is 2.30. The van der Waals surface area contributed by atoms with Crippen LogP contribution in [0.4, 0.5) is 0 Å². The van der Waals surface area contributed by atoms with E-state index in [1.165, 1.54) is 64.2 Å². The van der Waals surface area contributed by atoms with Crippen LogP contribution in [0.25, 0.3) is 0 Å². The van der Waals surface area contributed by atoms with Gasteiger partial charge in [-0.25, -0.2) is 0 Å². The number of halogens is 2. The summed E-state index contributed by atoms with van der Waals surface area (Å²) in [5.74, 6) is 0.809. The average Bonchev–Trinajstić information content (AvgIpc) is 2.67. The molecule has 1 atom stereocenters. The smallest absolute Gasteiger partial charge is 0.133 e. The number of ether oxygens (including phenoxy) is 1. The zero-order chi connectivity index (χ0) is 17.5. The third-order valence-electron chi connectivity index (χ3n) is 5.78. The van der Waals surface area contributed by atoms with Crippen molar-refractivity contribution in [2.45, 2.75) is 82.4 Å². The van der Waals surface area contributed by atoms with Gasteiger partial charge in [0.05, 0.1) is 4.47 Å². The minimum atomic E-state index is -0.434. The molecule has 0 spiro atoms. The molecule has 0 aliphatic heterocycles. The number of aliphatic hydroxyl groups is 1. The maximum Gasteiger partial charge on any atom is 0.133 e.